The molecule has 2 heterocycles. The van der Waals surface area contributed by atoms with Gasteiger partial charge < -0.3 is 5.32 Å². The van der Waals surface area contributed by atoms with Crippen LogP contribution in [-0.4, -0.2) is 20.7 Å². The summed E-state index contributed by atoms with van der Waals surface area (Å²) in [5, 5.41) is 7.93. The number of hydrogen-bond acceptors (Lipinski definition) is 4. The molecule has 7 heteroatoms. The predicted octanol–water partition coefficient (Wildman–Crippen LogP) is 4.70. The number of carbonyl (C=O) groups excluding carboxylic acids is 1. The van der Waals surface area contributed by atoms with Crippen LogP contribution in [0.4, 0.5) is 9.39 Å². The molecule has 4 aromatic rings. The first kappa shape index (κ1) is 17.1. The van der Waals surface area contributed by atoms with Gasteiger partial charge in [-0.05, 0) is 43.3 Å². The minimum atomic E-state index is -0.316. The van der Waals surface area contributed by atoms with E-state index in [2.05, 4.69) is 15.4 Å². The first-order valence-electron chi connectivity index (χ1n) is 8.24. The Morgan fingerprint density at radius 3 is 2.59 bits per heavy atom. The second kappa shape index (κ2) is 7.13. The minimum Gasteiger partial charge on any atom is -0.312 e. The van der Waals surface area contributed by atoms with Crippen LogP contribution in [0.5, 0.6) is 0 Å². The summed E-state index contributed by atoms with van der Waals surface area (Å²) in [6.45, 7) is 1.79. The number of para-hydroxylation sites is 1. The molecule has 2 aromatic heterocycles. The third-order valence-electron chi connectivity index (χ3n) is 4.08. The average Bonchev–Trinajstić information content (AvgIpc) is 3.30. The second-order valence-electron chi connectivity index (χ2n) is 5.90. The Bertz CT molecular complexity index is 1090. The maximum absolute atomic E-state index is 13.2. The van der Waals surface area contributed by atoms with E-state index in [1.54, 1.807) is 35.4 Å². The van der Waals surface area contributed by atoms with Gasteiger partial charge in [0.15, 0.2) is 0 Å². The fourth-order valence-corrected chi connectivity index (χ4v) is 3.41. The number of nitrogens with zero attached hydrogens (tertiary/aromatic N) is 3. The zero-order valence-electron chi connectivity index (χ0n) is 14.4. The molecule has 0 saturated heterocycles. The summed E-state index contributed by atoms with van der Waals surface area (Å²) in [7, 11) is 0. The zero-order chi connectivity index (χ0) is 18.8. The zero-order valence-corrected chi connectivity index (χ0v) is 15.2. The van der Waals surface area contributed by atoms with Gasteiger partial charge in [-0.15, -0.1) is 11.3 Å². The standard InChI is InChI=1S/C20H15FN4OS/c1-13-17(11-25(24-13)16-5-3-2-4-6-16)19(26)23-20-18(22-12-27-20)14-7-9-15(21)10-8-14/h2-12H,1H3,(H,23,26). The highest BCUT2D eigenvalue weighted by molar-refractivity contribution is 7.14. The van der Waals surface area contributed by atoms with E-state index in [1.807, 2.05) is 30.3 Å². The van der Waals surface area contributed by atoms with Crippen LogP contribution in [0.1, 0.15) is 16.1 Å². The highest BCUT2D eigenvalue weighted by atomic mass is 32.1. The third-order valence-corrected chi connectivity index (χ3v) is 4.82. The summed E-state index contributed by atoms with van der Waals surface area (Å²) in [5.74, 6) is -0.578. The van der Waals surface area contributed by atoms with E-state index in [0.29, 0.717) is 22.0 Å². The summed E-state index contributed by atoms with van der Waals surface area (Å²) in [5.41, 5.74) is 4.99. The lowest BCUT2D eigenvalue weighted by atomic mass is 10.1. The Morgan fingerprint density at radius 1 is 1.11 bits per heavy atom. The Labute approximate surface area is 159 Å². The first-order valence-corrected chi connectivity index (χ1v) is 9.12. The van der Waals surface area contributed by atoms with E-state index in [4.69, 9.17) is 0 Å². The van der Waals surface area contributed by atoms with E-state index in [1.165, 1.54) is 23.5 Å². The summed E-state index contributed by atoms with van der Waals surface area (Å²) >= 11 is 1.32. The average molecular weight is 378 g/mol. The van der Waals surface area contributed by atoms with Gasteiger partial charge in [-0.1, -0.05) is 18.2 Å². The number of thiazole rings is 1. The smallest absolute Gasteiger partial charge is 0.259 e. The van der Waals surface area contributed by atoms with Gasteiger partial charge in [-0.3, -0.25) is 4.79 Å². The quantitative estimate of drug-likeness (QED) is 0.560. The van der Waals surface area contributed by atoms with Crippen molar-refractivity contribution in [2.24, 2.45) is 0 Å². The molecule has 27 heavy (non-hydrogen) atoms. The number of benzene rings is 2. The number of amides is 1. The van der Waals surface area contributed by atoms with Gasteiger partial charge in [0.1, 0.15) is 16.5 Å². The third kappa shape index (κ3) is 3.50. The number of carbonyl (C=O) groups is 1. The SMILES string of the molecule is Cc1nn(-c2ccccc2)cc1C(=O)Nc1scnc1-c1ccc(F)cc1. The topological polar surface area (TPSA) is 59.8 Å². The molecule has 0 bridgehead atoms. The largest absolute Gasteiger partial charge is 0.312 e. The number of aromatic nitrogens is 3. The summed E-state index contributed by atoms with van der Waals surface area (Å²) < 4.78 is 14.8. The van der Waals surface area contributed by atoms with Gasteiger partial charge >= 0.3 is 0 Å². The van der Waals surface area contributed by atoms with Crippen molar-refractivity contribution in [1.29, 1.82) is 0 Å². The van der Waals surface area contributed by atoms with Gasteiger partial charge in [-0.2, -0.15) is 5.10 Å². The van der Waals surface area contributed by atoms with Crippen LogP contribution >= 0.6 is 11.3 Å². The normalized spacial score (nSPS) is 10.7. The number of anilines is 1. The fraction of sp³-hybridized carbons (Fsp3) is 0.0500. The van der Waals surface area contributed by atoms with Crippen molar-refractivity contribution in [3.05, 3.63) is 83.4 Å². The molecule has 0 spiro atoms. The van der Waals surface area contributed by atoms with Crippen molar-refractivity contribution < 1.29 is 9.18 Å². The molecule has 1 N–H and O–H groups in total. The molecule has 4 rings (SSSR count). The Balaban J connectivity index is 1.60. The minimum absolute atomic E-state index is 0.262. The number of nitrogens with one attached hydrogen (secondary N) is 1. The number of hydrogen-bond donors (Lipinski definition) is 1. The molecular weight excluding hydrogens is 363 g/mol. The van der Waals surface area contributed by atoms with E-state index >= 15 is 0 Å². The maximum Gasteiger partial charge on any atom is 0.259 e. The van der Waals surface area contributed by atoms with Crippen LogP contribution in [-0.2, 0) is 0 Å². The first-order chi connectivity index (χ1) is 13.1. The summed E-state index contributed by atoms with van der Waals surface area (Å²) in [4.78, 5) is 17.1. The molecule has 0 radical (unpaired) electrons. The lowest BCUT2D eigenvalue weighted by Gasteiger charge is -2.05. The molecule has 5 nitrogen and oxygen atoms in total. The monoisotopic (exact) mass is 378 g/mol. The van der Waals surface area contributed by atoms with Crippen molar-refractivity contribution in [2.45, 2.75) is 6.92 Å². The van der Waals surface area contributed by atoms with Gasteiger partial charge in [0.05, 0.1) is 22.5 Å². The van der Waals surface area contributed by atoms with Gasteiger partial charge in [0, 0.05) is 11.8 Å². The highest BCUT2D eigenvalue weighted by Crippen LogP contribution is 2.31. The molecule has 0 fully saturated rings. The molecule has 1 amide bonds. The Morgan fingerprint density at radius 2 is 1.85 bits per heavy atom. The van der Waals surface area contributed by atoms with Gasteiger partial charge in [0.25, 0.3) is 5.91 Å². The lowest BCUT2D eigenvalue weighted by Crippen LogP contribution is -2.12. The highest BCUT2D eigenvalue weighted by Gasteiger charge is 2.17. The van der Waals surface area contributed by atoms with Crippen LogP contribution in [0, 0.1) is 12.7 Å². The molecular formula is C20H15FN4OS. The van der Waals surface area contributed by atoms with Crippen molar-refractivity contribution >= 4 is 22.2 Å². The van der Waals surface area contributed by atoms with Crippen molar-refractivity contribution in [1.82, 2.24) is 14.8 Å². The molecule has 0 aliphatic carbocycles. The lowest BCUT2D eigenvalue weighted by molar-refractivity contribution is 0.102. The van der Waals surface area contributed by atoms with Crippen LogP contribution in [0.25, 0.3) is 16.9 Å². The van der Waals surface area contributed by atoms with Gasteiger partial charge in [0.2, 0.25) is 0 Å². The number of aryl methyl sites for hydroxylation is 1. The van der Waals surface area contributed by atoms with Crippen LogP contribution < -0.4 is 5.32 Å². The molecule has 0 aliphatic heterocycles. The fourth-order valence-electron chi connectivity index (χ4n) is 2.71. The van der Waals surface area contributed by atoms with E-state index in [9.17, 15) is 9.18 Å². The van der Waals surface area contributed by atoms with E-state index in [0.717, 1.165) is 11.3 Å². The number of halogens is 1. The number of rotatable bonds is 4. The summed E-state index contributed by atoms with van der Waals surface area (Å²) in [6, 6.07) is 15.6. The van der Waals surface area contributed by atoms with Crippen molar-refractivity contribution in [3.63, 3.8) is 0 Å². The van der Waals surface area contributed by atoms with Crippen LogP contribution in [0.3, 0.4) is 0 Å². The molecule has 134 valence electrons. The summed E-state index contributed by atoms with van der Waals surface area (Å²) in [6.07, 6.45) is 1.71. The van der Waals surface area contributed by atoms with E-state index in [-0.39, 0.29) is 11.7 Å². The predicted molar refractivity (Wildman–Crippen MR) is 104 cm³/mol. The molecule has 0 aliphatic rings. The van der Waals surface area contributed by atoms with E-state index < -0.39 is 0 Å². The van der Waals surface area contributed by atoms with Gasteiger partial charge in [-0.25, -0.2) is 14.1 Å². The maximum atomic E-state index is 13.2. The van der Waals surface area contributed by atoms with Crippen LogP contribution in [0.2, 0.25) is 0 Å². The van der Waals surface area contributed by atoms with Crippen molar-refractivity contribution in [3.8, 4) is 16.9 Å². The Kier molecular flexibility index (Phi) is 4.52. The Hall–Kier alpha value is -3.32. The molecule has 0 unspecified atom stereocenters. The molecule has 0 atom stereocenters. The molecule has 0 saturated carbocycles. The van der Waals surface area contributed by atoms with Crippen LogP contribution in [0.15, 0.2) is 66.3 Å². The molecule has 2 aromatic carbocycles. The second-order valence-corrected chi connectivity index (χ2v) is 6.75. The van der Waals surface area contributed by atoms with Crippen molar-refractivity contribution in [2.75, 3.05) is 5.32 Å².